The van der Waals surface area contributed by atoms with Gasteiger partial charge in [0.15, 0.2) is 0 Å². The number of halogens is 4. The van der Waals surface area contributed by atoms with Crippen LogP contribution in [0.25, 0.3) is 0 Å². The highest BCUT2D eigenvalue weighted by Gasteiger charge is 2.35. The van der Waals surface area contributed by atoms with Crippen LogP contribution in [-0.2, 0) is 16.0 Å². The number of benzene rings is 1. The number of hydrogen-bond acceptors (Lipinski definition) is 3. The molecule has 0 saturated carbocycles. The third kappa shape index (κ3) is 5.33. The van der Waals surface area contributed by atoms with Crippen molar-refractivity contribution in [3.63, 3.8) is 0 Å². The first kappa shape index (κ1) is 17.4. The molecule has 0 heterocycles. The maximum absolute atomic E-state index is 13.6. The van der Waals surface area contributed by atoms with Crippen molar-refractivity contribution in [1.29, 1.82) is 0 Å². The van der Waals surface area contributed by atoms with Gasteiger partial charge >= 0.3 is 6.18 Å². The lowest BCUT2D eigenvalue weighted by Gasteiger charge is -2.11. The normalized spacial score (nSPS) is 12.2. The number of nitrogens with one attached hydrogen (secondary N) is 1. The predicted octanol–water partition coefficient (Wildman–Crippen LogP) is 2.01. The van der Waals surface area contributed by atoms with E-state index in [0.717, 1.165) is 18.4 Å². The molecule has 0 aliphatic heterocycles. The minimum atomic E-state index is -4.89. The lowest BCUT2D eigenvalue weighted by atomic mass is 10.1. The van der Waals surface area contributed by atoms with Crippen LogP contribution in [0.1, 0.15) is 22.3 Å². The second kappa shape index (κ2) is 6.42. The fourth-order valence-corrected chi connectivity index (χ4v) is 2.23. The molecule has 0 fully saturated rings. The second-order valence-corrected chi connectivity index (χ2v) is 6.66. The van der Waals surface area contributed by atoms with Gasteiger partial charge in [-0.1, -0.05) is 6.07 Å². The van der Waals surface area contributed by atoms with Crippen LogP contribution in [0, 0.1) is 5.82 Å². The second-order valence-electron chi connectivity index (χ2n) is 4.40. The largest absolute Gasteiger partial charge is 0.419 e. The summed E-state index contributed by atoms with van der Waals surface area (Å²) in [6, 6.07) is 2.39. The van der Waals surface area contributed by atoms with Crippen molar-refractivity contribution in [3.05, 3.63) is 35.1 Å². The summed E-state index contributed by atoms with van der Waals surface area (Å²) in [5.74, 6) is -2.85. The molecule has 0 aliphatic rings. The number of sulfone groups is 1. The predicted molar refractivity (Wildman–Crippen MR) is 68.1 cm³/mol. The standard InChI is InChI=1S/C12H13F4NO3S/c1-21(19,20)7-3-6-17-11(18)8-4-2-5-9(10(8)13)12(14,15)16/h2,4-5H,3,6-7H2,1H3,(H,17,18). The van der Waals surface area contributed by atoms with Gasteiger partial charge in [-0.15, -0.1) is 0 Å². The Balaban J connectivity index is 2.76. The van der Waals surface area contributed by atoms with Crippen molar-refractivity contribution in [2.45, 2.75) is 12.6 Å². The Kier molecular flexibility index (Phi) is 5.32. The summed E-state index contributed by atoms with van der Waals surface area (Å²) < 4.78 is 72.8. The molecule has 4 nitrogen and oxygen atoms in total. The van der Waals surface area contributed by atoms with Gasteiger partial charge in [0.05, 0.1) is 16.9 Å². The van der Waals surface area contributed by atoms with Crippen molar-refractivity contribution in [2.24, 2.45) is 0 Å². The van der Waals surface area contributed by atoms with Crippen LogP contribution in [0.2, 0.25) is 0 Å². The topological polar surface area (TPSA) is 63.2 Å². The zero-order valence-corrected chi connectivity index (χ0v) is 11.8. The van der Waals surface area contributed by atoms with Crippen molar-refractivity contribution < 1.29 is 30.8 Å². The molecule has 1 aromatic carbocycles. The third-order valence-electron chi connectivity index (χ3n) is 2.53. The van der Waals surface area contributed by atoms with Gasteiger partial charge in [0.2, 0.25) is 0 Å². The Hall–Kier alpha value is -1.64. The molecule has 1 N–H and O–H groups in total. The molecule has 0 aromatic heterocycles. The molecule has 1 aromatic rings. The smallest absolute Gasteiger partial charge is 0.352 e. The number of hydrogen-bond donors (Lipinski definition) is 1. The average Bonchev–Trinajstić information content (AvgIpc) is 2.32. The van der Waals surface area contributed by atoms with Crippen LogP contribution in [0.4, 0.5) is 17.6 Å². The minimum absolute atomic E-state index is 0.0818. The number of alkyl halides is 3. The van der Waals surface area contributed by atoms with E-state index in [1.165, 1.54) is 0 Å². The SMILES string of the molecule is CS(=O)(=O)CCCNC(=O)c1cccc(C(F)(F)F)c1F. The third-order valence-corrected chi connectivity index (χ3v) is 3.56. The Morgan fingerprint density at radius 3 is 2.43 bits per heavy atom. The molecule has 9 heteroatoms. The Morgan fingerprint density at radius 1 is 1.29 bits per heavy atom. The van der Waals surface area contributed by atoms with Crippen molar-refractivity contribution in [1.82, 2.24) is 5.32 Å². The highest BCUT2D eigenvalue weighted by atomic mass is 32.2. The van der Waals surface area contributed by atoms with E-state index in [-0.39, 0.29) is 18.7 Å². The molecule has 1 rings (SSSR count). The molecule has 1 amide bonds. The molecule has 118 valence electrons. The van der Waals surface area contributed by atoms with Crippen LogP contribution in [0.3, 0.4) is 0 Å². The fraction of sp³-hybridized carbons (Fsp3) is 0.417. The number of rotatable bonds is 5. The molecule has 0 aliphatic carbocycles. The van der Waals surface area contributed by atoms with E-state index >= 15 is 0 Å². The quantitative estimate of drug-likeness (QED) is 0.665. The molecular formula is C12H13F4NO3S. The van der Waals surface area contributed by atoms with Gasteiger partial charge < -0.3 is 5.32 Å². The molecule has 0 bridgehead atoms. The van der Waals surface area contributed by atoms with Gasteiger partial charge in [0.1, 0.15) is 15.7 Å². The van der Waals surface area contributed by atoms with Gasteiger partial charge in [0.25, 0.3) is 5.91 Å². The van der Waals surface area contributed by atoms with E-state index in [2.05, 4.69) is 5.32 Å². The highest BCUT2D eigenvalue weighted by molar-refractivity contribution is 7.90. The molecular weight excluding hydrogens is 314 g/mol. The summed E-state index contributed by atoms with van der Waals surface area (Å²) in [6.45, 7) is -0.0818. The highest BCUT2D eigenvalue weighted by Crippen LogP contribution is 2.32. The minimum Gasteiger partial charge on any atom is -0.352 e. The lowest BCUT2D eigenvalue weighted by Crippen LogP contribution is -2.27. The first-order valence-corrected chi connectivity index (χ1v) is 7.90. The fourth-order valence-electron chi connectivity index (χ4n) is 1.56. The monoisotopic (exact) mass is 327 g/mol. The van der Waals surface area contributed by atoms with E-state index in [1.807, 2.05) is 0 Å². The number of carbonyl (C=O) groups excluding carboxylic acids is 1. The van der Waals surface area contributed by atoms with Crippen LogP contribution in [-0.4, -0.2) is 32.9 Å². The van der Waals surface area contributed by atoms with E-state index in [9.17, 15) is 30.8 Å². The Morgan fingerprint density at radius 2 is 1.90 bits per heavy atom. The van der Waals surface area contributed by atoms with E-state index < -0.39 is 38.9 Å². The van der Waals surface area contributed by atoms with Gasteiger partial charge in [-0.25, -0.2) is 12.8 Å². The summed E-state index contributed by atoms with van der Waals surface area (Å²) in [6.07, 6.45) is -3.79. The van der Waals surface area contributed by atoms with Gasteiger partial charge in [-0.05, 0) is 18.6 Å². The van der Waals surface area contributed by atoms with Crippen molar-refractivity contribution in [2.75, 3.05) is 18.6 Å². The van der Waals surface area contributed by atoms with Gasteiger partial charge in [-0.2, -0.15) is 13.2 Å². The molecule has 0 spiro atoms. The zero-order valence-electron chi connectivity index (χ0n) is 11.0. The molecule has 21 heavy (non-hydrogen) atoms. The van der Waals surface area contributed by atoms with E-state index in [1.54, 1.807) is 0 Å². The molecule has 0 atom stereocenters. The first-order valence-electron chi connectivity index (χ1n) is 5.84. The van der Waals surface area contributed by atoms with Crippen LogP contribution < -0.4 is 5.32 Å². The maximum atomic E-state index is 13.6. The number of carbonyl (C=O) groups is 1. The van der Waals surface area contributed by atoms with E-state index in [0.29, 0.717) is 6.07 Å². The van der Waals surface area contributed by atoms with Gasteiger partial charge in [0, 0.05) is 12.8 Å². The van der Waals surface area contributed by atoms with Crippen LogP contribution in [0.15, 0.2) is 18.2 Å². The summed E-state index contributed by atoms with van der Waals surface area (Å²) in [5.41, 5.74) is -2.25. The summed E-state index contributed by atoms with van der Waals surface area (Å²) in [5, 5.41) is 2.18. The van der Waals surface area contributed by atoms with Crippen LogP contribution >= 0.6 is 0 Å². The Labute approximate surface area is 119 Å². The van der Waals surface area contributed by atoms with Crippen LogP contribution in [0.5, 0.6) is 0 Å². The molecule has 0 saturated heterocycles. The average molecular weight is 327 g/mol. The van der Waals surface area contributed by atoms with Crippen molar-refractivity contribution >= 4 is 15.7 Å². The van der Waals surface area contributed by atoms with Gasteiger partial charge in [-0.3, -0.25) is 4.79 Å². The maximum Gasteiger partial charge on any atom is 0.419 e. The molecule has 0 radical (unpaired) electrons. The summed E-state index contributed by atoms with van der Waals surface area (Å²) >= 11 is 0. The first-order chi connectivity index (χ1) is 9.52. The Bertz CT molecular complexity index is 626. The summed E-state index contributed by atoms with van der Waals surface area (Å²) in [7, 11) is -3.20. The van der Waals surface area contributed by atoms with E-state index in [4.69, 9.17) is 0 Å². The number of amides is 1. The summed E-state index contributed by atoms with van der Waals surface area (Å²) in [4.78, 5) is 11.6. The van der Waals surface area contributed by atoms with Crippen molar-refractivity contribution in [3.8, 4) is 0 Å². The zero-order chi connectivity index (χ0) is 16.3. The molecule has 0 unspecified atom stereocenters. The lowest BCUT2D eigenvalue weighted by molar-refractivity contribution is -0.140.